The smallest absolute Gasteiger partial charge is 0.327 e. The monoisotopic (exact) mass is 415 g/mol. The molecule has 2 aliphatic rings. The molecule has 8 heteroatoms. The van der Waals surface area contributed by atoms with Gasteiger partial charge in [-0.2, -0.15) is 0 Å². The maximum absolute atomic E-state index is 12.9. The first kappa shape index (κ1) is 19.6. The molecular weight excluding hydrogens is 394 g/mol. The fourth-order valence-corrected chi connectivity index (χ4v) is 4.44. The summed E-state index contributed by atoms with van der Waals surface area (Å²) in [7, 11) is 1.64. The number of pyridine rings is 1. The van der Waals surface area contributed by atoms with Crippen LogP contribution < -0.4 is 0 Å². The van der Waals surface area contributed by atoms with Gasteiger partial charge in [0.2, 0.25) is 0 Å². The number of carbonyl (C=O) groups excluding carboxylic acids is 3. The third kappa shape index (κ3) is 3.44. The highest BCUT2D eigenvalue weighted by molar-refractivity contribution is 6.30. The Morgan fingerprint density at radius 1 is 1.21 bits per heavy atom. The van der Waals surface area contributed by atoms with E-state index in [9.17, 15) is 14.4 Å². The van der Waals surface area contributed by atoms with Crippen molar-refractivity contribution in [1.82, 2.24) is 14.8 Å². The average Bonchev–Trinajstić information content (AvgIpc) is 2.89. The minimum Gasteiger partial charge on any atom is -0.459 e. The van der Waals surface area contributed by atoms with Gasteiger partial charge < -0.3 is 9.64 Å². The van der Waals surface area contributed by atoms with Gasteiger partial charge in [-0.15, -0.1) is 0 Å². The standard InChI is InChI=1S/C21H22ClN3O4/c1-24-20(28)25(19(27)21(24)9-5-2-6-10-21)12-17(26)29-13-15-11-14-7-3-4-8-16(14)23-18(15)22/h3-4,7-8,11H,2,5-6,9-10,12-13H2,1H3. The zero-order valence-electron chi connectivity index (χ0n) is 16.2. The first-order chi connectivity index (χ1) is 13.9. The molecule has 1 aliphatic carbocycles. The Bertz CT molecular complexity index is 987. The zero-order valence-corrected chi connectivity index (χ0v) is 16.9. The van der Waals surface area contributed by atoms with E-state index in [1.165, 1.54) is 4.90 Å². The van der Waals surface area contributed by atoms with Gasteiger partial charge in [0.05, 0.1) is 5.52 Å². The summed E-state index contributed by atoms with van der Waals surface area (Å²) in [6, 6.07) is 8.86. The van der Waals surface area contributed by atoms with E-state index >= 15 is 0 Å². The van der Waals surface area contributed by atoms with Gasteiger partial charge in [0, 0.05) is 18.0 Å². The van der Waals surface area contributed by atoms with E-state index in [2.05, 4.69) is 4.98 Å². The number of urea groups is 1. The number of fused-ring (bicyclic) bond motifs is 1. The maximum atomic E-state index is 12.9. The highest BCUT2D eigenvalue weighted by atomic mass is 35.5. The summed E-state index contributed by atoms with van der Waals surface area (Å²) in [5, 5.41) is 1.14. The van der Waals surface area contributed by atoms with Crippen LogP contribution in [0.1, 0.15) is 37.7 Å². The average molecular weight is 416 g/mol. The minimum atomic E-state index is -0.804. The van der Waals surface area contributed by atoms with Crippen LogP contribution in [0.4, 0.5) is 4.79 Å². The van der Waals surface area contributed by atoms with Crippen LogP contribution in [0.2, 0.25) is 5.15 Å². The van der Waals surface area contributed by atoms with Gasteiger partial charge in [-0.3, -0.25) is 14.5 Å². The summed E-state index contributed by atoms with van der Waals surface area (Å²) in [5.41, 5.74) is 0.515. The first-order valence-corrected chi connectivity index (χ1v) is 10.1. The Morgan fingerprint density at radius 3 is 2.69 bits per heavy atom. The molecular formula is C21H22ClN3O4. The Balaban J connectivity index is 1.43. The van der Waals surface area contributed by atoms with Crippen molar-refractivity contribution >= 4 is 40.4 Å². The van der Waals surface area contributed by atoms with Gasteiger partial charge >= 0.3 is 12.0 Å². The molecule has 2 fully saturated rings. The second-order valence-corrected chi connectivity index (χ2v) is 7.97. The largest absolute Gasteiger partial charge is 0.459 e. The molecule has 0 bridgehead atoms. The van der Waals surface area contributed by atoms with E-state index in [0.717, 1.165) is 35.1 Å². The number of halogens is 1. The predicted molar refractivity (Wildman–Crippen MR) is 107 cm³/mol. The molecule has 1 aromatic heterocycles. The number of nitrogens with zero attached hydrogens (tertiary/aromatic N) is 3. The van der Waals surface area contributed by atoms with Crippen molar-refractivity contribution in [2.45, 2.75) is 44.2 Å². The van der Waals surface area contributed by atoms with Crippen LogP contribution in [0, 0.1) is 0 Å². The lowest BCUT2D eigenvalue weighted by atomic mass is 9.81. The number of benzene rings is 1. The quantitative estimate of drug-likeness (QED) is 0.433. The molecule has 4 rings (SSSR count). The van der Waals surface area contributed by atoms with E-state index in [4.69, 9.17) is 16.3 Å². The molecule has 1 saturated carbocycles. The van der Waals surface area contributed by atoms with Crippen molar-refractivity contribution in [3.05, 3.63) is 41.0 Å². The van der Waals surface area contributed by atoms with Gasteiger partial charge in [-0.25, -0.2) is 9.78 Å². The highest BCUT2D eigenvalue weighted by Gasteiger charge is 2.55. The molecule has 2 heterocycles. The number of carbonyl (C=O) groups is 3. The third-order valence-electron chi connectivity index (χ3n) is 5.91. The molecule has 2 aromatic rings. The molecule has 7 nitrogen and oxygen atoms in total. The van der Waals surface area contributed by atoms with Gasteiger partial charge in [0.1, 0.15) is 23.8 Å². The van der Waals surface area contributed by atoms with Crippen molar-refractivity contribution in [2.24, 2.45) is 0 Å². The normalized spacial score (nSPS) is 18.7. The Kier molecular flexibility index (Phi) is 5.17. The van der Waals surface area contributed by atoms with Gasteiger partial charge in [-0.05, 0) is 25.0 Å². The Labute approximate surface area is 173 Å². The van der Waals surface area contributed by atoms with Crippen LogP contribution in [0.15, 0.2) is 30.3 Å². The molecule has 0 unspecified atom stereocenters. The Morgan fingerprint density at radius 2 is 1.93 bits per heavy atom. The molecule has 0 atom stereocenters. The van der Waals surface area contributed by atoms with E-state index in [-0.39, 0.29) is 17.7 Å². The molecule has 3 amide bonds. The summed E-state index contributed by atoms with van der Waals surface area (Å²) in [5.74, 6) is -0.954. The number of esters is 1. The SMILES string of the molecule is CN1C(=O)N(CC(=O)OCc2cc3ccccc3nc2Cl)C(=O)C12CCCCC2. The molecule has 0 radical (unpaired) electrons. The minimum absolute atomic E-state index is 0.0767. The number of hydrogen-bond acceptors (Lipinski definition) is 5. The topological polar surface area (TPSA) is 79.8 Å². The summed E-state index contributed by atoms with van der Waals surface area (Å²) in [4.78, 5) is 44.7. The number of amides is 3. The fraction of sp³-hybridized carbons (Fsp3) is 0.429. The fourth-order valence-electron chi connectivity index (χ4n) is 4.24. The van der Waals surface area contributed by atoms with E-state index < -0.39 is 24.1 Å². The molecule has 1 aliphatic heterocycles. The van der Waals surface area contributed by atoms with Crippen molar-refractivity contribution in [3.8, 4) is 0 Å². The third-order valence-corrected chi connectivity index (χ3v) is 6.24. The van der Waals surface area contributed by atoms with E-state index in [1.807, 2.05) is 30.3 Å². The number of imide groups is 1. The lowest BCUT2D eigenvalue weighted by molar-refractivity contribution is -0.149. The number of ether oxygens (including phenoxy) is 1. The highest BCUT2D eigenvalue weighted by Crippen LogP contribution is 2.39. The van der Waals surface area contributed by atoms with Crippen molar-refractivity contribution in [2.75, 3.05) is 13.6 Å². The van der Waals surface area contributed by atoms with Gasteiger partial charge in [0.15, 0.2) is 0 Å². The molecule has 1 aromatic carbocycles. The van der Waals surface area contributed by atoms with Gasteiger partial charge in [0.25, 0.3) is 5.91 Å². The second kappa shape index (κ2) is 7.63. The Hall–Kier alpha value is -2.67. The van der Waals surface area contributed by atoms with Crippen molar-refractivity contribution < 1.29 is 19.1 Å². The molecule has 1 saturated heterocycles. The predicted octanol–water partition coefficient (Wildman–Crippen LogP) is 3.53. The summed E-state index contributed by atoms with van der Waals surface area (Å²) in [6.07, 6.45) is 4.12. The van der Waals surface area contributed by atoms with Gasteiger partial charge in [-0.1, -0.05) is 49.1 Å². The zero-order chi connectivity index (χ0) is 20.6. The second-order valence-electron chi connectivity index (χ2n) is 7.62. The van der Waals surface area contributed by atoms with Crippen molar-refractivity contribution in [1.29, 1.82) is 0 Å². The van der Waals surface area contributed by atoms with E-state index in [1.54, 1.807) is 7.05 Å². The lowest BCUT2D eigenvalue weighted by Crippen LogP contribution is -2.49. The molecule has 152 valence electrons. The number of rotatable bonds is 4. The summed E-state index contributed by atoms with van der Waals surface area (Å²) < 4.78 is 5.30. The lowest BCUT2D eigenvalue weighted by Gasteiger charge is -2.35. The number of para-hydroxylation sites is 1. The number of hydrogen-bond donors (Lipinski definition) is 0. The first-order valence-electron chi connectivity index (χ1n) is 9.72. The van der Waals surface area contributed by atoms with Crippen LogP contribution in [0.25, 0.3) is 10.9 Å². The number of aromatic nitrogens is 1. The summed E-state index contributed by atoms with van der Waals surface area (Å²) >= 11 is 6.19. The maximum Gasteiger partial charge on any atom is 0.327 e. The van der Waals surface area contributed by atoms with Crippen LogP contribution in [0.3, 0.4) is 0 Å². The summed E-state index contributed by atoms with van der Waals surface area (Å²) in [6.45, 7) is -0.477. The molecule has 29 heavy (non-hydrogen) atoms. The van der Waals surface area contributed by atoms with Crippen LogP contribution >= 0.6 is 11.6 Å². The van der Waals surface area contributed by atoms with Crippen LogP contribution in [-0.2, 0) is 20.9 Å². The molecule has 1 spiro atoms. The molecule has 0 N–H and O–H groups in total. The van der Waals surface area contributed by atoms with Crippen molar-refractivity contribution in [3.63, 3.8) is 0 Å². The van der Waals surface area contributed by atoms with Crippen LogP contribution in [0.5, 0.6) is 0 Å². The van der Waals surface area contributed by atoms with Crippen LogP contribution in [-0.4, -0.2) is 51.8 Å². The number of likely N-dealkylation sites (N-methyl/N-ethyl adjacent to an activating group) is 1. The van der Waals surface area contributed by atoms with E-state index in [0.29, 0.717) is 18.4 Å².